The Hall–Kier alpha value is 0.320. The smallest absolute Gasteiger partial charge is 0.255 e. The Morgan fingerprint density at radius 3 is 2.67 bits per heavy atom. The van der Waals surface area contributed by atoms with Crippen molar-refractivity contribution < 1.29 is 9.18 Å². The van der Waals surface area contributed by atoms with Crippen molar-refractivity contribution in [1.29, 1.82) is 0 Å². The van der Waals surface area contributed by atoms with Gasteiger partial charge >= 0.3 is 0 Å². The van der Waals surface area contributed by atoms with Crippen LogP contribution in [0.1, 0.15) is 10.4 Å². The summed E-state index contributed by atoms with van der Waals surface area (Å²) in [6.07, 6.45) is 0. The van der Waals surface area contributed by atoms with Crippen molar-refractivity contribution in [3.05, 3.63) is 31.6 Å². The van der Waals surface area contributed by atoms with Crippen molar-refractivity contribution in [3.8, 4) is 0 Å². The number of benzene rings is 1. The molecule has 12 heavy (non-hydrogen) atoms. The van der Waals surface area contributed by atoms with Crippen LogP contribution in [0.25, 0.3) is 0 Å². The maximum absolute atomic E-state index is 13.2. The van der Waals surface area contributed by atoms with Crippen molar-refractivity contribution in [2.75, 3.05) is 0 Å². The molecule has 0 spiro atoms. The fraction of sp³-hybridized carbons (Fsp3) is 0. The molecule has 0 atom stereocenters. The third-order valence-corrected chi connectivity index (χ3v) is 3.91. The lowest BCUT2D eigenvalue weighted by Crippen LogP contribution is -1.97. The molecule has 1 rings (SSSR count). The van der Waals surface area contributed by atoms with Crippen LogP contribution >= 0.6 is 50.1 Å². The molecule has 1 nitrogen and oxygen atoms in total. The Kier molecular flexibility index (Phi) is 3.48. The standard InChI is InChI=1S/C7H2BrClFIO/c8-4-2-1-3(7(9)12)5(10)6(4)11/h1-2H. The molecule has 0 unspecified atom stereocenters. The van der Waals surface area contributed by atoms with Crippen LogP contribution in [0.5, 0.6) is 0 Å². The minimum atomic E-state index is -0.780. The van der Waals surface area contributed by atoms with Crippen LogP contribution in [0, 0.1) is 9.39 Å². The van der Waals surface area contributed by atoms with E-state index in [1.54, 1.807) is 28.7 Å². The van der Waals surface area contributed by atoms with Gasteiger partial charge in [0, 0.05) is 4.47 Å². The molecule has 0 aliphatic heterocycles. The number of carbonyl (C=O) groups is 1. The van der Waals surface area contributed by atoms with Crippen LogP contribution in [0.3, 0.4) is 0 Å². The molecule has 0 aliphatic rings. The highest BCUT2D eigenvalue weighted by Gasteiger charge is 2.13. The first-order valence-electron chi connectivity index (χ1n) is 2.87. The summed E-state index contributed by atoms with van der Waals surface area (Å²) >= 11 is 10.1. The molecule has 0 N–H and O–H groups in total. The van der Waals surface area contributed by atoms with E-state index in [-0.39, 0.29) is 5.56 Å². The van der Waals surface area contributed by atoms with Gasteiger partial charge in [0.15, 0.2) is 0 Å². The summed E-state index contributed by atoms with van der Waals surface area (Å²) in [4.78, 5) is 10.6. The second-order valence-electron chi connectivity index (χ2n) is 2.00. The van der Waals surface area contributed by atoms with E-state index in [1.807, 2.05) is 0 Å². The van der Waals surface area contributed by atoms with E-state index < -0.39 is 11.1 Å². The monoisotopic (exact) mass is 362 g/mol. The highest BCUT2D eigenvalue weighted by molar-refractivity contribution is 14.1. The number of rotatable bonds is 1. The number of halogens is 4. The first kappa shape index (κ1) is 10.4. The van der Waals surface area contributed by atoms with Gasteiger partial charge in [0.05, 0.1) is 9.13 Å². The fourth-order valence-corrected chi connectivity index (χ4v) is 1.60. The molecule has 0 saturated carbocycles. The zero-order valence-electron chi connectivity index (χ0n) is 5.57. The van der Waals surface area contributed by atoms with Gasteiger partial charge in [0.25, 0.3) is 5.24 Å². The summed E-state index contributed by atoms with van der Waals surface area (Å²) in [5.74, 6) is -0.579. The summed E-state index contributed by atoms with van der Waals surface area (Å²) < 4.78 is 14.1. The highest BCUT2D eigenvalue weighted by Crippen LogP contribution is 2.25. The normalized spacial score (nSPS) is 10.0. The van der Waals surface area contributed by atoms with Crippen LogP contribution in [0.4, 0.5) is 4.39 Å². The Bertz CT molecular complexity index is 342. The summed E-state index contributed by atoms with van der Waals surface area (Å²) in [6, 6.07) is 2.93. The molecule has 0 radical (unpaired) electrons. The first-order chi connectivity index (χ1) is 5.54. The largest absolute Gasteiger partial charge is 0.275 e. The molecule has 0 heterocycles. The van der Waals surface area contributed by atoms with E-state index in [0.29, 0.717) is 8.04 Å². The van der Waals surface area contributed by atoms with Gasteiger partial charge in [-0.2, -0.15) is 0 Å². The molecule has 5 heteroatoms. The zero-order chi connectivity index (χ0) is 9.30. The zero-order valence-corrected chi connectivity index (χ0v) is 10.1. The van der Waals surface area contributed by atoms with E-state index in [1.165, 1.54) is 6.07 Å². The van der Waals surface area contributed by atoms with E-state index in [9.17, 15) is 9.18 Å². The second-order valence-corrected chi connectivity index (χ2v) is 4.27. The first-order valence-corrected chi connectivity index (χ1v) is 5.12. The Labute approximate surface area is 95.6 Å². The molecular weight excluding hydrogens is 361 g/mol. The average molecular weight is 363 g/mol. The van der Waals surface area contributed by atoms with E-state index in [0.717, 1.165) is 0 Å². The average Bonchev–Trinajstić information content (AvgIpc) is 2.00. The van der Waals surface area contributed by atoms with Gasteiger partial charge in [-0.15, -0.1) is 0 Å². The lowest BCUT2D eigenvalue weighted by molar-refractivity contribution is 0.107. The third-order valence-electron chi connectivity index (χ3n) is 1.25. The summed E-state index contributed by atoms with van der Waals surface area (Å²) in [5.41, 5.74) is -0.0933. The maximum Gasteiger partial charge on any atom is 0.255 e. The van der Waals surface area contributed by atoms with Gasteiger partial charge in [-0.05, 0) is 62.3 Å². The van der Waals surface area contributed by atoms with Crippen molar-refractivity contribution >= 4 is 55.4 Å². The van der Waals surface area contributed by atoms with Crippen molar-refractivity contribution in [2.24, 2.45) is 0 Å². The Balaban J connectivity index is 3.36. The van der Waals surface area contributed by atoms with Gasteiger partial charge in [-0.1, -0.05) is 0 Å². The highest BCUT2D eigenvalue weighted by atomic mass is 127. The summed E-state index contributed by atoms with van der Waals surface area (Å²) in [7, 11) is 0. The van der Waals surface area contributed by atoms with E-state index >= 15 is 0 Å². The molecule has 0 aliphatic carbocycles. The molecule has 0 bridgehead atoms. The Morgan fingerprint density at radius 1 is 1.58 bits per heavy atom. The van der Waals surface area contributed by atoms with Crippen LogP contribution in [0.15, 0.2) is 16.6 Å². The molecule has 64 valence electrons. The Morgan fingerprint density at radius 2 is 2.17 bits per heavy atom. The minimum absolute atomic E-state index is 0.0933. The van der Waals surface area contributed by atoms with Crippen LogP contribution in [-0.2, 0) is 0 Å². The fourth-order valence-electron chi connectivity index (χ4n) is 0.678. The SMILES string of the molecule is O=C(Cl)c1ccc(Br)c(I)c1F. The van der Waals surface area contributed by atoms with E-state index in [2.05, 4.69) is 15.9 Å². The van der Waals surface area contributed by atoms with Gasteiger partial charge in [0.1, 0.15) is 5.82 Å². The van der Waals surface area contributed by atoms with Crippen molar-refractivity contribution in [1.82, 2.24) is 0 Å². The number of carbonyl (C=O) groups excluding carboxylic acids is 1. The van der Waals surface area contributed by atoms with Gasteiger partial charge in [0.2, 0.25) is 0 Å². The van der Waals surface area contributed by atoms with Gasteiger partial charge in [-0.3, -0.25) is 4.79 Å². The molecule has 0 fully saturated rings. The molecule has 0 aromatic heterocycles. The quantitative estimate of drug-likeness (QED) is 0.424. The molecular formula is C7H2BrClFIO. The molecule has 0 amide bonds. The number of hydrogen-bond donors (Lipinski definition) is 0. The summed E-state index contributed by atoms with van der Waals surface area (Å²) in [5, 5.41) is -0.780. The van der Waals surface area contributed by atoms with Crippen molar-refractivity contribution in [3.63, 3.8) is 0 Å². The lowest BCUT2D eigenvalue weighted by Gasteiger charge is -2.00. The van der Waals surface area contributed by atoms with Crippen molar-refractivity contribution in [2.45, 2.75) is 0 Å². The number of hydrogen-bond acceptors (Lipinski definition) is 1. The predicted octanol–water partition coefficient (Wildman–Crippen LogP) is 3.57. The summed E-state index contributed by atoms with van der Waals surface area (Å²) in [6.45, 7) is 0. The topological polar surface area (TPSA) is 17.1 Å². The molecule has 0 saturated heterocycles. The third kappa shape index (κ3) is 1.97. The predicted molar refractivity (Wildman–Crippen MR) is 57.0 cm³/mol. The second kappa shape index (κ2) is 4.02. The minimum Gasteiger partial charge on any atom is -0.275 e. The van der Waals surface area contributed by atoms with Gasteiger partial charge < -0.3 is 0 Å². The van der Waals surface area contributed by atoms with Crippen LogP contribution < -0.4 is 0 Å². The molecule has 1 aromatic carbocycles. The van der Waals surface area contributed by atoms with Crippen LogP contribution in [0.2, 0.25) is 0 Å². The molecule has 1 aromatic rings. The van der Waals surface area contributed by atoms with Crippen LogP contribution in [-0.4, -0.2) is 5.24 Å². The van der Waals surface area contributed by atoms with E-state index in [4.69, 9.17) is 11.6 Å². The maximum atomic E-state index is 13.2. The lowest BCUT2D eigenvalue weighted by atomic mass is 10.2. The van der Waals surface area contributed by atoms with Gasteiger partial charge in [-0.25, -0.2) is 4.39 Å².